The van der Waals surface area contributed by atoms with E-state index in [0.29, 0.717) is 27.0 Å². The van der Waals surface area contributed by atoms with E-state index in [1.54, 1.807) is 6.07 Å². The number of likely N-dealkylation sites (tertiary alicyclic amines) is 1. The highest BCUT2D eigenvalue weighted by atomic mass is 35.5. The Morgan fingerprint density at radius 2 is 2.06 bits per heavy atom. The number of phosphoric ester groups is 1. The van der Waals surface area contributed by atoms with Crippen molar-refractivity contribution in [2.75, 3.05) is 17.4 Å². The summed E-state index contributed by atoms with van der Waals surface area (Å²) in [5.41, 5.74) is 0.914. The van der Waals surface area contributed by atoms with E-state index in [2.05, 4.69) is 25.2 Å². The molecule has 1 aliphatic carbocycles. The van der Waals surface area contributed by atoms with Gasteiger partial charge in [0.25, 0.3) is 5.91 Å². The molecule has 0 radical (unpaired) electrons. The topological polar surface area (TPSA) is 158 Å². The van der Waals surface area contributed by atoms with Crippen molar-refractivity contribution in [2.24, 2.45) is 0 Å². The van der Waals surface area contributed by atoms with Gasteiger partial charge in [-0.05, 0) is 37.1 Å². The average Bonchev–Trinajstić information content (AvgIpc) is 3.46. The molecule has 3 heterocycles. The smallest absolute Gasteiger partial charge is 0.367 e. The van der Waals surface area contributed by atoms with Crippen LogP contribution in [0.5, 0.6) is 0 Å². The minimum absolute atomic E-state index is 0.0713. The molecule has 0 unspecified atom stereocenters. The average molecular weight is 537 g/mol. The SMILES string of the molecule is O=C1CC(=Cc2cnn3c(NC4CC4)cc(Nc4cc(Cl)ccc4F)nc23)C(=O)N1COP(=O)(O)O. The van der Waals surface area contributed by atoms with E-state index in [-0.39, 0.29) is 29.5 Å². The maximum absolute atomic E-state index is 14.3. The number of imide groups is 1. The number of phosphoric acid groups is 1. The van der Waals surface area contributed by atoms with E-state index in [1.807, 2.05) is 0 Å². The molecular weight excluding hydrogens is 518 g/mol. The first-order chi connectivity index (χ1) is 17.1. The predicted molar refractivity (Wildman–Crippen MR) is 127 cm³/mol. The molecule has 2 amide bonds. The number of amides is 2. The number of nitrogens with zero attached hydrogens (tertiary/aromatic N) is 4. The number of carbonyl (C=O) groups is 2. The van der Waals surface area contributed by atoms with Gasteiger partial charge in [0.2, 0.25) is 5.91 Å². The molecule has 1 aliphatic heterocycles. The van der Waals surface area contributed by atoms with Gasteiger partial charge in [-0.25, -0.2) is 13.9 Å². The molecule has 0 spiro atoms. The van der Waals surface area contributed by atoms with Gasteiger partial charge in [-0.3, -0.25) is 19.0 Å². The van der Waals surface area contributed by atoms with Crippen molar-refractivity contribution in [1.82, 2.24) is 19.5 Å². The molecule has 0 atom stereocenters. The Balaban J connectivity index is 1.50. The number of aromatic nitrogens is 3. The van der Waals surface area contributed by atoms with Gasteiger partial charge in [0.1, 0.15) is 24.2 Å². The van der Waals surface area contributed by atoms with Crippen LogP contribution in [-0.4, -0.2) is 53.9 Å². The Morgan fingerprint density at radius 1 is 1.28 bits per heavy atom. The molecule has 4 N–H and O–H groups in total. The molecule has 2 fully saturated rings. The Labute approximate surface area is 208 Å². The van der Waals surface area contributed by atoms with Crippen LogP contribution in [0, 0.1) is 5.82 Å². The zero-order valence-electron chi connectivity index (χ0n) is 18.4. The van der Waals surface area contributed by atoms with E-state index in [4.69, 9.17) is 21.4 Å². The number of benzene rings is 1. The molecule has 2 aliphatic rings. The lowest BCUT2D eigenvalue weighted by atomic mass is 10.1. The van der Waals surface area contributed by atoms with Gasteiger partial charge in [0.15, 0.2) is 5.65 Å². The van der Waals surface area contributed by atoms with Crippen LogP contribution in [0.4, 0.5) is 21.7 Å². The van der Waals surface area contributed by atoms with E-state index in [1.165, 1.54) is 35.0 Å². The quantitative estimate of drug-likeness (QED) is 0.191. The van der Waals surface area contributed by atoms with E-state index in [9.17, 15) is 18.5 Å². The van der Waals surface area contributed by atoms with Gasteiger partial charge >= 0.3 is 7.82 Å². The Bertz CT molecular complexity index is 1470. The normalized spacial score (nSPS) is 17.4. The molecule has 1 saturated carbocycles. The van der Waals surface area contributed by atoms with Crippen LogP contribution in [0.2, 0.25) is 5.02 Å². The molecule has 188 valence electrons. The minimum Gasteiger partial charge on any atom is -0.367 e. The fourth-order valence-corrected chi connectivity index (χ4v) is 4.04. The van der Waals surface area contributed by atoms with Gasteiger partial charge in [-0.15, -0.1) is 0 Å². The van der Waals surface area contributed by atoms with Crippen molar-refractivity contribution in [2.45, 2.75) is 25.3 Å². The van der Waals surface area contributed by atoms with Gasteiger partial charge in [0, 0.05) is 28.3 Å². The summed E-state index contributed by atoms with van der Waals surface area (Å²) in [5, 5.41) is 10.9. The molecular formula is C21H19ClFN6O6P. The van der Waals surface area contributed by atoms with Crippen molar-refractivity contribution in [3.8, 4) is 0 Å². The second-order valence-corrected chi connectivity index (χ2v) is 9.93. The number of hydrogen-bond donors (Lipinski definition) is 4. The summed E-state index contributed by atoms with van der Waals surface area (Å²) >= 11 is 6.00. The summed E-state index contributed by atoms with van der Waals surface area (Å²) in [5.74, 6) is -1.07. The van der Waals surface area contributed by atoms with Crippen LogP contribution in [-0.2, 0) is 18.7 Å². The monoisotopic (exact) mass is 536 g/mol. The van der Waals surface area contributed by atoms with Crippen molar-refractivity contribution in [3.05, 3.63) is 52.4 Å². The summed E-state index contributed by atoms with van der Waals surface area (Å²) in [6.07, 6.45) is 4.56. The maximum atomic E-state index is 14.3. The fraction of sp³-hybridized carbons (Fsp3) is 0.238. The lowest BCUT2D eigenvalue weighted by Crippen LogP contribution is -2.31. The molecule has 2 aromatic heterocycles. The Kier molecular flexibility index (Phi) is 6.27. The summed E-state index contributed by atoms with van der Waals surface area (Å²) in [7, 11) is -4.87. The van der Waals surface area contributed by atoms with Crippen LogP contribution in [0.3, 0.4) is 0 Å². The molecule has 12 nitrogen and oxygen atoms in total. The number of carbonyl (C=O) groups excluding carboxylic acids is 2. The van der Waals surface area contributed by atoms with Crippen molar-refractivity contribution in [3.63, 3.8) is 0 Å². The lowest BCUT2D eigenvalue weighted by Gasteiger charge is -2.13. The fourth-order valence-electron chi connectivity index (χ4n) is 3.60. The summed E-state index contributed by atoms with van der Waals surface area (Å²) in [4.78, 5) is 47.8. The third-order valence-corrected chi connectivity index (χ3v) is 6.15. The molecule has 0 bridgehead atoms. The molecule has 3 aromatic rings. The number of halogens is 2. The Morgan fingerprint density at radius 3 is 2.78 bits per heavy atom. The van der Waals surface area contributed by atoms with Gasteiger partial charge in [-0.2, -0.15) is 9.61 Å². The van der Waals surface area contributed by atoms with E-state index in [0.717, 1.165) is 12.8 Å². The summed E-state index contributed by atoms with van der Waals surface area (Å²) in [6, 6.07) is 6.00. The highest BCUT2D eigenvalue weighted by molar-refractivity contribution is 7.46. The Hall–Kier alpha value is -3.35. The summed E-state index contributed by atoms with van der Waals surface area (Å²) < 4.78 is 31.1. The van der Waals surface area contributed by atoms with E-state index < -0.39 is 32.2 Å². The van der Waals surface area contributed by atoms with Crippen molar-refractivity contribution in [1.29, 1.82) is 0 Å². The van der Waals surface area contributed by atoms with Crippen LogP contribution in [0.15, 0.2) is 36.0 Å². The van der Waals surface area contributed by atoms with E-state index >= 15 is 0 Å². The third-order valence-electron chi connectivity index (χ3n) is 5.47. The zero-order valence-corrected chi connectivity index (χ0v) is 20.0. The molecule has 5 rings (SSSR count). The minimum atomic E-state index is -4.87. The molecule has 1 aromatic carbocycles. The lowest BCUT2D eigenvalue weighted by molar-refractivity contribution is -0.141. The first-order valence-electron chi connectivity index (χ1n) is 10.7. The van der Waals surface area contributed by atoms with Crippen molar-refractivity contribution >= 4 is 60.3 Å². The zero-order chi connectivity index (χ0) is 25.6. The highest BCUT2D eigenvalue weighted by Crippen LogP contribution is 2.37. The highest BCUT2D eigenvalue weighted by Gasteiger charge is 2.35. The predicted octanol–water partition coefficient (Wildman–Crippen LogP) is 3.05. The number of fused-ring (bicyclic) bond motifs is 1. The maximum Gasteiger partial charge on any atom is 0.471 e. The third kappa shape index (κ3) is 5.25. The number of rotatable bonds is 8. The largest absolute Gasteiger partial charge is 0.471 e. The van der Waals surface area contributed by atoms with Gasteiger partial charge in [-0.1, -0.05) is 11.6 Å². The number of anilines is 3. The second-order valence-electron chi connectivity index (χ2n) is 8.25. The van der Waals surface area contributed by atoms with Crippen LogP contribution >= 0.6 is 19.4 Å². The van der Waals surface area contributed by atoms with Gasteiger partial charge in [0.05, 0.1) is 18.3 Å². The first-order valence-corrected chi connectivity index (χ1v) is 12.6. The van der Waals surface area contributed by atoms with Crippen LogP contribution in [0.1, 0.15) is 24.8 Å². The molecule has 1 saturated heterocycles. The van der Waals surface area contributed by atoms with Gasteiger partial charge < -0.3 is 20.4 Å². The second kappa shape index (κ2) is 9.26. The number of nitrogens with one attached hydrogen (secondary N) is 2. The van der Waals surface area contributed by atoms with Crippen LogP contribution in [0.25, 0.3) is 11.7 Å². The van der Waals surface area contributed by atoms with Crippen molar-refractivity contribution < 1.29 is 32.9 Å². The molecule has 36 heavy (non-hydrogen) atoms. The first kappa shape index (κ1) is 24.3. The standard InChI is InChI=1S/C21H19ClFN6O6P/c22-13-1-4-15(23)16(7-13)26-17-8-18(25-14-2-3-14)29-20(27-17)12(9-24-29)5-11-6-19(30)28(21(11)31)10-35-36(32,33)34/h1,4-5,7-9,14,25H,2-3,6,10H2,(H,26,27)(H2,32,33,34). The molecule has 15 heteroatoms. The number of hydrogen-bond acceptors (Lipinski definition) is 8. The van der Waals surface area contributed by atoms with Crippen LogP contribution < -0.4 is 10.6 Å². The summed E-state index contributed by atoms with van der Waals surface area (Å²) in [6.45, 7) is -0.874.